The van der Waals surface area contributed by atoms with Gasteiger partial charge in [0.25, 0.3) is 0 Å². The van der Waals surface area contributed by atoms with Gasteiger partial charge in [-0.25, -0.2) is 9.97 Å². The number of rotatable bonds is 9. The third-order valence-corrected chi connectivity index (χ3v) is 3.96. The predicted molar refractivity (Wildman–Crippen MR) is 87.7 cm³/mol. The molecule has 1 N–H and O–H groups in total. The van der Waals surface area contributed by atoms with Crippen LogP contribution in [0, 0.1) is 13.8 Å². The molecule has 23 heavy (non-hydrogen) atoms. The Kier molecular flexibility index (Phi) is 7.97. The number of nitrogens with zero attached hydrogens (tertiary/aromatic N) is 3. The standard InChI is InChI=1S/C15H23N3O4S/c1-10-12(11(2)17-15(16-10)23-4)5-6-13(19)18(7-8-22-3)9-14(20)21/h5-9H2,1-4H3,(H,20,21). The zero-order chi connectivity index (χ0) is 17.4. The van der Waals surface area contributed by atoms with Crippen molar-refractivity contribution in [3.05, 3.63) is 17.0 Å². The molecule has 1 heterocycles. The van der Waals surface area contributed by atoms with Gasteiger partial charge in [-0.05, 0) is 32.1 Å². The largest absolute Gasteiger partial charge is 0.480 e. The number of amides is 1. The van der Waals surface area contributed by atoms with Crippen molar-refractivity contribution in [2.45, 2.75) is 31.8 Å². The van der Waals surface area contributed by atoms with E-state index in [9.17, 15) is 9.59 Å². The second-order valence-corrected chi connectivity index (χ2v) is 5.83. The van der Waals surface area contributed by atoms with E-state index in [2.05, 4.69) is 9.97 Å². The van der Waals surface area contributed by atoms with Crippen LogP contribution >= 0.6 is 11.8 Å². The molecular formula is C15H23N3O4S. The van der Waals surface area contributed by atoms with Gasteiger partial charge in [0.1, 0.15) is 6.54 Å². The summed E-state index contributed by atoms with van der Waals surface area (Å²) in [6, 6.07) is 0. The van der Waals surface area contributed by atoms with E-state index < -0.39 is 5.97 Å². The van der Waals surface area contributed by atoms with Crippen LogP contribution in [0.15, 0.2) is 5.16 Å². The molecule has 0 aliphatic carbocycles. The van der Waals surface area contributed by atoms with Crippen molar-refractivity contribution in [1.82, 2.24) is 14.9 Å². The molecule has 0 saturated heterocycles. The lowest BCUT2D eigenvalue weighted by atomic mass is 10.1. The number of aliphatic carboxylic acids is 1. The maximum absolute atomic E-state index is 12.3. The predicted octanol–water partition coefficient (Wildman–Crippen LogP) is 1.31. The van der Waals surface area contributed by atoms with Crippen LogP contribution in [0.5, 0.6) is 0 Å². The SMILES string of the molecule is COCCN(CC(=O)O)C(=O)CCc1c(C)nc(SC)nc1C. The van der Waals surface area contributed by atoms with Crippen molar-refractivity contribution >= 4 is 23.6 Å². The summed E-state index contributed by atoms with van der Waals surface area (Å²) in [5.41, 5.74) is 2.66. The highest BCUT2D eigenvalue weighted by molar-refractivity contribution is 7.98. The molecule has 7 nitrogen and oxygen atoms in total. The zero-order valence-corrected chi connectivity index (χ0v) is 14.8. The zero-order valence-electron chi connectivity index (χ0n) is 14.0. The van der Waals surface area contributed by atoms with Crippen LogP contribution in [0.2, 0.25) is 0 Å². The molecule has 8 heteroatoms. The average Bonchev–Trinajstić information content (AvgIpc) is 2.49. The molecule has 0 unspecified atom stereocenters. The molecule has 0 aromatic carbocycles. The molecule has 1 rings (SSSR count). The first kappa shape index (κ1) is 19.4. The normalized spacial score (nSPS) is 10.6. The number of aromatic nitrogens is 2. The Bertz CT molecular complexity index is 543. The third-order valence-electron chi connectivity index (χ3n) is 3.42. The summed E-state index contributed by atoms with van der Waals surface area (Å²) in [4.78, 5) is 33.2. The van der Waals surface area contributed by atoms with E-state index in [0.717, 1.165) is 17.0 Å². The Labute approximate surface area is 140 Å². The summed E-state index contributed by atoms with van der Waals surface area (Å²) in [6.07, 6.45) is 2.63. The van der Waals surface area contributed by atoms with Gasteiger partial charge in [0, 0.05) is 31.5 Å². The van der Waals surface area contributed by atoms with Crippen molar-refractivity contribution in [3.63, 3.8) is 0 Å². The Morgan fingerprint density at radius 1 is 1.26 bits per heavy atom. The van der Waals surface area contributed by atoms with Gasteiger partial charge in [-0.15, -0.1) is 0 Å². The van der Waals surface area contributed by atoms with Gasteiger partial charge in [0.15, 0.2) is 5.16 Å². The van der Waals surface area contributed by atoms with Crippen molar-refractivity contribution in [2.24, 2.45) is 0 Å². The summed E-state index contributed by atoms with van der Waals surface area (Å²) in [7, 11) is 1.51. The average molecular weight is 341 g/mol. The number of hydrogen-bond acceptors (Lipinski definition) is 6. The van der Waals surface area contributed by atoms with E-state index >= 15 is 0 Å². The van der Waals surface area contributed by atoms with Crippen LogP contribution in [0.3, 0.4) is 0 Å². The lowest BCUT2D eigenvalue weighted by molar-refractivity contribution is -0.144. The molecule has 1 amide bonds. The summed E-state index contributed by atoms with van der Waals surface area (Å²) < 4.78 is 4.92. The van der Waals surface area contributed by atoms with Crippen molar-refractivity contribution in [1.29, 1.82) is 0 Å². The monoisotopic (exact) mass is 341 g/mol. The topological polar surface area (TPSA) is 92.6 Å². The van der Waals surface area contributed by atoms with E-state index in [-0.39, 0.29) is 25.4 Å². The van der Waals surface area contributed by atoms with E-state index in [1.807, 2.05) is 20.1 Å². The number of methoxy groups -OCH3 is 1. The first-order chi connectivity index (χ1) is 10.9. The van der Waals surface area contributed by atoms with Crippen molar-refractivity contribution < 1.29 is 19.4 Å². The number of hydrogen-bond donors (Lipinski definition) is 1. The fourth-order valence-electron chi connectivity index (χ4n) is 2.21. The van der Waals surface area contributed by atoms with Gasteiger partial charge < -0.3 is 14.7 Å². The van der Waals surface area contributed by atoms with Gasteiger partial charge in [0.2, 0.25) is 5.91 Å². The molecule has 0 aliphatic heterocycles. The number of thioether (sulfide) groups is 1. The van der Waals surface area contributed by atoms with Gasteiger partial charge in [0.05, 0.1) is 6.61 Å². The first-order valence-corrected chi connectivity index (χ1v) is 8.48. The van der Waals surface area contributed by atoms with Crippen molar-refractivity contribution in [3.8, 4) is 0 Å². The van der Waals surface area contributed by atoms with Crippen LogP contribution in [0.4, 0.5) is 0 Å². The number of carbonyl (C=O) groups excluding carboxylic acids is 1. The molecule has 0 radical (unpaired) electrons. The Hall–Kier alpha value is -1.67. The van der Waals surface area contributed by atoms with Gasteiger partial charge >= 0.3 is 5.97 Å². The quantitative estimate of drug-likeness (QED) is 0.534. The molecule has 128 valence electrons. The van der Waals surface area contributed by atoms with Crippen LogP contribution < -0.4 is 0 Å². The fraction of sp³-hybridized carbons (Fsp3) is 0.600. The Morgan fingerprint density at radius 2 is 1.87 bits per heavy atom. The number of carboxylic acids is 1. The minimum atomic E-state index is -1.03. The van der Waals surface area contributed by atoms with E-state index in [4.69, 9.17) is 9.84 Å². The molecular weight excluding hydrogens is 318 g/mol. The van der Waals surface area contributed by atoms with E-state index in [1.54, 1.807) is 0 Å². The van der Waals surface area contributed by atoms with E-state index in [0.29, 0.717) is 18.2 Å². The molecule has 0 bridgehead atoms. The third kappa shape index (κ3) is 6.15. The summed E-state index contributed by atoms with van der Waals surface area (Å²) in [5, 5.41) is 9.62. The van der Waals surface area contributed by atoms with Gasteiger partial charge in [-0.1, -0.05) is 11.8 Å². The number of carboxylic acid groups (broad SMARTS) is 1. The molecule has 1 aromatic heterocycles. The second kappa shape index (κ2) is 9.46. The Balaban J connectivity index is 2.74. The minimum absolute atomic E-state index is 0.211. The highest BCUT2D eigenvalue weighted by Gasteiger charge is 2.18. The molecule has 0 atom stereocenters. The van der Waals surface area contributed by atoms with Crippen LogP contribution in [0.25, 0.3) is 0 Å². The molecule has 0 aliphatic rings. The summed E-state index contributed by atoms with van der Waals surface area (Å²) >= 11 is 1.47. The maximum Gasteiger partial charge on any atom is 0.323 e. The van der Waals surface area contributed by atoms with E-state index in [1.165, 1.54) is 23.8 Å². The smallest absolute Gasteiger partial charge is 0.323 e. The maximum atomic E-state index is 12.3. The molecule has 0 saturated carbocycles. The van der Waals surface area contributed by atoms with Crippen LogP contribution in [-0.2, 0) is 20.7 Å². The number of aryl methyl sites for hydroxylation is 2. The second-order valence-electron chi connectivity index (χ2n) is 5.06. The molecule has 0 spiro atoms. The van der Waals surface area contributed by atoms with Crippen LogP contribution in [-0.4, -0.2) is 64.9 Å². The summed E-state index contributed by atoms with van der Waals surface area (Å²) in [6.45, 7) is 4.05. The molecule has 0 fully saturated rings. The lowest BCUT2D eigenvalue weighted by Gasteiger charge is -2.20. The van der Waals surface area contributed by atoms with Gasteiger partial charge in [-0.3, -0.25) is 9.59 Å². The number of ether oxygens (including phenoxy) is 1. The van der Waals surface area contributed by atoms with Gasteiger partial charge in [-0.2, -0.15) is 0 Å². The summed E-state index contributed by atoms with van der Waals surface area (Å²) in [5.74, 6) is -1.24. The minimum Gasteiger partial charge on any atom is -0.480 e. The lowest BCUT2D eigenvalue weighted by Crippen LogP contribution is -2.38. The highest BCUT2D eigenvalue weighted by Crippen LogP contribution is 2.17. The Morgan fingerprint density at radius 3 is 2.35 bits per heavy atom. The molecule has 1 aromatic rings. The van der Waals surface area contributed by atoms with Crippen molar-refractivity contribution in [2.75, 3.05) is 33.1 Å². The highest BCUT2D eigenvalue weighted by atomic mass is 32.2. The fourth-order valence-corrected chi connectivity index (χ4v) is 2.66. The first-order valence-electron chi connectivity index (χ1n) is 7.25. The van der Waals surface area contributed by atoms with Crippen LogP contribution in [0.1, 0.15) is 23.4 Å². The number of carbonyl (C=O) groups is 2.